The smallest absolute Gasteiger partial charge is 0.267 e. The molecule has 5 N–H and O–H groups in total. The van der Waals surface area contributed by atoms with Crippen molar-refractivity contribution in [1.82, 2.24) is 9.97 Å². The van der Waals surface area contributed by atoms with Crippen LogP contribution in [0.1, 0.15) is 21.2 Å². The Morgan fingerprint density at radius 3 is 2.83 bits per heavy atom. The number of nitrogens with zero attached hydrogens (tertiary/aromatic N) is 2. The topological polar surface area (TPSA) is 107 Å². The van der Waals surface area contributed by atoms with E-state index < -0.39 is 5.91 Å². The van der Waals surface area contributed by atoms with Crippen LogP contribution in [-0.2, 0) is 6.54 Å². The van der Waals surface area contributed by atoms with E-state index in [-0.39, 0.29) is 5.69 Å². The van der Waals surface area contributed by atoms with Gasteiger partial charge in [0, 0.05) is 5.38 Å². The molecule has 0 saturated heterocycles. The van der Waals surface area contributed by atoms with Gasteiger partial charge in [-0.25, -0.2) is 9.97 Å². The normalized spacial score (nSPS) is 10.3. The summed E-state index contributed by atoms with van der Waals surface area (Å²) in [5.41, 5.74) is 12.5. The van der Waals surface area contributed by atoms with Crippen molar-refractivity contribution < 1.29 is 4.79 Å². The molecule has 2 aromatic heterocycles. The average molecular weight is 263 g/mol. The van der Waals surface area contributed by atoms with E-state index in [1.54, 1.807) is 17.4 Å². The monoisotopic (exact) mass is 263 g/mol. The molecular formula is C11H13N5OS. The fourth-order valence-corrected chi connectivity index (χ4v) is 2.03. The molecule has 0 aliphatic heterocycles. The predicted molar refractivity (Wildman–Crippen MR) is 71.3 cm³/mol. The predicted octanol–water partition coefficient (Wildman–Crippen LogP) is 1.14. The third kappa shape index (κ3) is 2.75. The largest absolute Gasteiger partial charge is 0.396 e. The molecule has 0 fully saturated rings. The molecule has 0 aromatic carbocycles. The number of hydrogen-bond acceptors (Lipinski definition) is 6. The molecule has 0 atom stereocenters. The maximum Gasteiger partial charge on any atom is 0.267 e. The first-order chi connectivity index (χ1) is 8.56. The van der Waals surface area contributed by atoms with Crippen molar-refractivity contribution in [2.24, 2.45) is 5.73 Å². The lowest BCUT2D eigenvalue weighted by molar-refractivity contribution is 0.0996. The van der Waals surface area contributed by atoms with E-state index in [9.17, 15) is 4.79 Å². The highest BCUT2D eigenvalue weighted by Crippen LogP contribution is 2.17. The number of pyridine rings is 1. The number of thiazole rings is 1. The highest BCUT2D eigenvalue weighted by atomic mass is 32.1. The summed E-state index contributed by atoms with van der Waals surface area (Å²) >= 11 is 1.57. The summed E-state index contributed by atoms with van der Waals surface area (Å²) < 4.78 is 0. The van der Waals surface area contributed by atoms with Crippen LogP contribution in [0.4, 0.5) is 11.5 Å². The number of nitrogens with two attached hydrogens (primary N) is 2. The van der Waals surface area contributed by atoms with Crippen LogP contribution in [0, 0.1) is 6.92 Å². The number of hydrogen-bond donors (Lipinski definition) is 3. The molecule has 2 aromatic rings. The minimum Gasteiger partial charge on any atom is -0.396 e. The highest BCUT2D eigenvalue weighted by molar-refractivity contribution is 7.09. The van der Waals surface area contributed by atoms with Gasteiger partial charge in [-0.3, -0.25) is 4.79 Å². The van der Waals surface area contributed by atoms with E-state index in [4.69, 9.17) is 11.5 Å². The van der Waals surface area contributed by atoms with Gasteiger partial charge in [-0.2, -0.15) is 0 Å². The summed E-state index contributed by atoms with van der Waals surface area (Å²) in [5, 5.41) is 5.99. The van der Waals surface area contributed by atoms with Crippen molar-refractivity contribution in [2.45, 2.75) is 13.5 Å². The van der Waals surface area contributed by atoms with Crippen LogP contribution < -0.4 is 16.8 Å². The minimum atomic E-state index is -0.581. The van der Waals surface area contributed by atoms with Gasteiger partial charge in [-0.1, -0.05) is 0 Å². The first-order valence-corrected chi connectivity index (χ1v) is 6.15. The van der Waals surface area contributed by atoms with Crippen LogP contribution in [0.5, 0.6) is 0 Å². The summed E-state index contributed by atoms with van der Waals surface area (Å²) in [5.74, 6) is -0.139. The zero-order valence-electron chi connectivity index (χ0n) is 9.80. The van der Waals surface area contributed by atoms with Crippen LogP contribution in [-0.4, -0.2) is 15.9 Å². The first-order valence-electron chi connectivity index (χ1n) is 5.27. The van der Waals surface area contributed by atoms with E-state index in [2.05, 4.69) is 15.3 Å². The summed E-state index contributed by atoms with van der Waals surface area (Å²) in [6, 6.07) is 3.09. The molecule has 0 saturated carbocycles. The number of carbonyl (C=O) groups is 1. The number of aryl methyl sites for hydroxylation is 1. The molecule has 0 bridgehead atoms. The van der Waals surface area contributed by atoms with Gasteiger partial charge in [0.05, 0.1) is 22.9 Å². The number of carbonyl (C=O) groups excluding carboxylic acids is 1. The molecule has 7 heteroatoms. The Bertz CT molecular complexity index is 581. The number of anilines is 2. The van der Waals surface area contributed by atoms with E-state index in [0.29, 0.717) is 18.1 Å². The Kier molecular flexibility index (Phi) is 3.42. The van der Waals surface area contributed by atoms with Crippen molar-refractivity contribution in [3.05, 3.63) is 33.9 Å². The average Bonchev–Trinajstić information content (AvgIpc) is 2.74. The van der Waals surface area contributed by atoms with E-state index >= 15 is 0 Å². The van der Waals surface area contributed by atoms with Gasteiger partial charge in [0.25, 0.3) is 5.91 Å². The maximum absolute atomic E-state index is 11.0. The molecule has 0 unspecified atom stereocenters. The number of nitrogens with one attached hydrogen (secondary N) is 1. The minimum absolute atomic E-state index is 0.182. The summed E-state index contributed by atoms with van der Waals surface area (Å²) in [6.07, 6.45) is 0. The number of amides is 1. The van der Waals surface area contributed by atoms with Crippen molar-refractivity contribution in [3.63, 3.8) is 0 Å². The van der Waals surface area contributed by atoms with Gasteiger partial charge in [-0.15, -0.1) is 11.3 Å². The van der Waals surface area contributed by atoms with Gasteiger partial charge in [0.15, 0.2) is 0 Å². The van der Waals surface area contributed by atoms with Crippen LogP contribution in [0.25, 0.3) is 0 Å². The van der Waals surface area contributed by atoms with Crippen LogP contribution in [0.15, 0.2) is 17.5 Å². The second kappa shape index (κ2) is 5.01. The zero-order valence-corrected chi connectivity index (χ0v) is 10.6. The van der Waals surface area contributed by atoms with Crippen LogP contribution in [0.2, 0.25) is 0 Å². The second-order valence-electron chi connectivity index (χ2n) is 3.71. The number of rotatable bonds is 4. The molecule has 0 aliphatic rings. The Morgan fingerprint density at radius 2 is 2.22 bits per heavy atom. The number of primary amides is 1. The SMILES string of the molecule is Cc1nc(CNc2nc(C(N)=O)ccc2N)cs1. The Labute approximate surface area is 108 Å². The van der Waals surface area contributed by atoms with E-state index in [1.165, 1.54) is 6.07 Å². The van der Waals surface area contributed by atoms with Gasteiger partial charge in [-0.05, 0) is 19.1 Å². The summed E-state index contributed by atoms with van der Waals surface area (Å²) in [7, 11) is 0. The lowest BCUT2D eigenvalue weighted by Gasteiger charge is -2.07. The molecule has 6 nitrogen and oxygen atoms in total. The number of aromatic nitrogens is 2. The molecular weight excluding hydrogens is 250 g/mol. The molecule has 0 aliphatic carbocycles. The fraction of sp³-hybridized carbons (Fsp3) is 0.182. The van der Waals surface area contributed by atoms with Crippen molar-refractivity contribution in [1.29, 1.82) is 0 Å². The van der Waals surface area contributed by atoms with Gasteiger partial charge in [0.1, 0.15) is 11.5 Å². The first kappa shape index (κ1) is 12.3. The summed E-state index contributed by atoms with van der Waals surface area (Å²) in [6.45, 7) is 2.44. The van der Waals surface area contributed by atoms with Crippen molar-refractivity contribution in [3.8, 4) is 0 Å². The van der Waals surface area contributed by atoms with E-state index in [1.807, 2.05) is 12.3 Å². The second-order valence-corrected chi connectivity index (χ2v) is 4.77. The summed E-state index contributed by atoms with van der Waals surface area (Å²) in [4.78, 5) is 19.4. The highest BCUT2D eigenvalue weighted by Gasteiger charge is 2.07. The third-order valence-corrected chi connectivity index (χ3v) is 3.10. The zero-order chi connectivity index (χ0) is 13.1. The van der Waals surface area contributed by atoms with Gasteiger partial charge in [0.2, 0.25) is 0 Å². The van der Waals surface area contributed by atoms with Crippen LogP contribution in [0.3, 0.4) is 0 Å². The third-order valence-electron chi connectivity index (χ3n) is 2.28. The van der Waals surface area contributed by atoms with Crippen molar-refractivity contribution >= 4 is 28.7 Å². The Morgan fingerprint density at radius 1 is 1.44 bits per heavy atom. The van der Waals surface area contributed by atoms with Crippen LogP contribution >= 0.6 is 11.3 Å². The lowest BCUT2D eigenvalue weighted by Crippen LogP contribution is -2.15. The van der Waals surface area contributed by atoms with E-state index in [0.717, 1.165) is 10.7 Å². The molecule has 0 spiro atoms. The van der Waals surface area contributed by atoms with Crippen molar-refractivity contribution in [2.75, 3.05) is 11.1 Å². The molecule has 1 amide bonds. The Hall–Kier alpha value is -2.15. The lowest BCUT2D eigenvalue weighted by atomic mass is 10.3. The standard InChI is InChI=1S/C11H13N5OS/c1-6-15-7(5-18-6)4-14-11-8(12)2-3-9(16-11)10(13)17/h2-3,5H,4,12H2,1H3,(H2,13,17)(H,14,16). The molecule has 94 valence electrons. The fourth-order valence-electron chi connectivity index (χ4n) is 1.41. The maximum atomic E-state index is 11.0. The van der Waals surface area contributed by atoms with Gasteiger partial charge < -0.3 is 16.8 Å². The quantitative estimate of drug-likeness (QED) is 0.766. The van der Waals surface area contributed by atoms with Gasteiger partial charge >= 0.3 is 0 Å². The molecule has 18 heavy (non-hydrogen) atoms. The molecule has 2 rings (SSSR count). The Balaban J connectivity index is 2.13. The molecule has 0 radical (unpaired) electrons. The molecule has 2 heterocycles. The number of nitrogen functional groups attached to an aromatic ring is 1.